The lowest BCUT2D eigenvalue weighted by Gasteiger charge is -2.14. The number of hydrogen-bond donors (Lipinski definition) is 1. The third kappa shape index (κ3) is 4.62. The lowest BCUT2D eigenvalue weighted by molar-refractivity contribution is -0.147. The molecule has 0 bridgehead atoms. The minimum absolute atomic E-state index is 0.282. The highest BCUT2D eigenvalue weighted by Gasteiger charge is 2.21. The Morgan fingerprint density at radius 1 is 1.60 bits per heavy atom. The summed E-state index contributed by atoms with van der Waals surface area (Å²) in [6.07, 6.45) is 1.66. The predicted molar refractivity (Wildman–Crippen MR) is 57.3 cm³/mol. The fourth-order valence-electron chi connectivity index (χ4n) is 1.63. The highest BCUT2D eigenvalue weighted by molar-refractivity contribution is 5.75. The Labute approximate surface area is 91.1 Å². The van der Waals surface area contributed by atoms with Crippen molar-refractivity contribution in [1.82, 2.24) is 0 Å². The maximum atomic E-state index is 11.4. The number of ether oxygens (including phenoxy) is 2. The van der Waals surface area contributed by atoms with E-state index in [1.807, 2.05) is 13.8 Å². The fourth-order valence-corrected chi connectivity index (χ4v) is 1.63. The second-order valence-electron chi connectivity index (χ2n) is 4.60. The molecule has 0 amide bonds. The molecule has 0 saturated carbocycles. The molecule has 0 aromatic carbocycles. The standard InChI is InChI=1S/C11H21NO3/c1-8(2)5-10(12)11(13)15-7-9-3-4-14-6-9/h8-10H,3-7,12H2,1-2H3. The van der Waals surface area contributed by atoms with Crippen molar-refractivity contribution in [2.24, 2.45) is 17.6 Å². The molecule has 4 heteroatoms. The van der Waals surface area contributed by atoms with Crippen LogP contribution in [0, 0.1) is 11.8 Å². The van der Waals surface area contributed by atoms with Crippen molar-refractivity contribution in [3.05, 3.63) is 0 Å². The van der Waals surface area contributed by atoms with Gasteiger partial charge in [0.15, 0.2) is 0 Å². The Hall–Kier alpha value is -0.610. The van der Waals surface area contributed by atoms with Crippen LogP contribution < -0.4 is 5.73 Å². The molecule has 0 aromatic heterocycles. The van der Waals surface area contributed by atoms with Gasteiger partial charge in [-0.15, -0.1) is 0 Å². The first kappa shape index (κ1) is 12.5. The summed E-state index contributed by atoms with van der Waals surface area (Å²) in [5, 5.41) is 0. The Kier molecular flexibility index (Phi) is 5.05. The summed E-state index contributed by atoms with van der Waals surface area (Å²) in [6, 6.07) is -0.479. The second-order valence-corrected chi connectivity index (χ2v) is 4.60. The third-order valence-electron chi connectivity index (χ3n) is 2.51. The van der Waals surface area contributed by atoms with Crippen molar-refractivity contribution in [3.8, 4) is 0 Å². The number of rotatable bonds is 5. The van der Waals surface area contributed by atoms with Gasteiger partial charge in [-0.2, -0.15) is 0 Å². The van der Waals surface area contributed by atoms with Crippen LogP contribution in [-0.2, 0) is 14.3 Å². The van der Waals surface area contributed by atoms with E-state index in [-0.39, 0.29) is 5.97 Å². The number of carbonyl (C=O) groups excluding carboxylic acids is 1. The predicted octanol–water partition coefficient (Wildman–Crippen LogP) is 0.940. The summed E-state index contributed by atoms with van der Waals surface area (Å²) < 4.78 is 10.3. The van der Waals surface area contributed by atoms with Gasteiger partial charge in [-0.05, 0) is 18.8 Å². The van der Waals surface area contributed by atoms with Gasteiger partial charge in [0, 0.05) is 12.5 Å². The summed E-state index contributed by atoms with van der Waals surface area (Å²) >= 11 is 0. The van der Waals surface area contributed by atoms with E-state index in [9.17, 15) is 4.79 Å². The molecular weight excluding hydrogens is 194 g/mol. The van der Waals surface area contributed by atoms with Crippen LogP contribution in [0.25, 0.3) is 0 Å². The molecule has 2 N–H and O–H groups in total. The lowest BCUT2D eigenvalue weighted by atomic mass is 10.0. The van der Waals surface area contributed by atoms with Crippen LogP contribution in [0.15, 0.2) is 0 Å². The van der Waals surface area contributed by atoms with E-state index in [4.69, 9.17) is 15.2 Å². The summed E-state index contributed by atoms with van der Waals surface area (Å²) in [4.78, 5) is 11.4. The molecule has 0 spiro atoms. The monoisotopic (exact) mass is 215 g/mol. The van der Waals surface area contributed by atoms with Crippen molar-refractivity contribution in [2.45, 2.75) is 32.7 Å². The van der Waals surface area contributed by atoms with Gasteiger partial charge >= 0.3 is 5.97 Å². The van der Waals surface area contributed by atoms with E-state index in [1.165, 1.54) is 0 Å². The molecule has 0 aliphatic carbocycles. The Bertz CT molecular complexity index is 200. The summed E-state index contributed by atoms with van der Waals surface area (Å²) in [5.41, 5.74) is 5.70. The zero-order valence-electron chi connectivity index (χ0n) is 9.57. The average Bonchev–Trinajstić information content (AvgIpc) is 2.65. The SMILES string of the molecule is CC(C)CC(N)C(=O)OCC1CCOC1. The number of carbonyl (C=O) groups is 1. The Morgan fingerprint density at radius 3 is 2.87 bits per heavy atom. The van der Waals surface area contributed by atoms with Gasteiger partial charge in [-0.3, -0.25) is 4.79 Å². The molecule has 4 nitrogen and oxygen atoms in total. The molecular formula is C11H21NO3. The van der Waals surface area contributed by atoms with E-state index in [0.29, 0.717) is 31.5 Å². The first-order valence-corrected chi connectivity index (χ1v) is 5.59. The highest BCUT2D eigenvalue weighted by atomic mass is 16.5. The fraction of sp³-hybridized carbons (Fsp3) is 0.909. The quantitative estimate of drug-likeness (QED) is 0.693. The zero-order chi connectivity index (χ0) is 11.3. The van der Waals surface area contributed by atoms with Gasteiger partial charge in [0.25, 0.3) is 0 Å². The van der Waals surface area contributed by atoms with Crippen LogP contribution in [0.4, 0.5) is 0 Å². The van der Waals surface area contributed by atoms with Crippen LogP contribution >= 0.6 is 0 Å². The molecule has 1 aliphatic rings. The first-order valence-electron chi connectivity index (χ1n) is 5.59. The molecule has 2 atom stereocenters. The average molecular weight is 215 g/mol. The molecule has 0 radical (unpaired) electrons. The largest absolute Gasteiger partial charge is 0.464 e. The first-order chi connectivity index (χ1) is 7.09. The molecule has 1 saturated heterocycles. The molecule has 88 valence electrons. The van der Waals surface area contributed by atoms with Gasteiger partial charge in [0.2, 0.25) is 0 Å². The van der Waals surface area contributed by atoms with Crippen molar-refractivity contribution in [1.29, 1.82) is 0 Å². The van der Waals surface area contributed by atoms with Gasteiger partial charge in [0.1, 0.15) is 6.04 Å². The Morgan fingerprint density at radius 2 is 2.33 bits per heavy atom. The van der Waals surface area contributed by atoms with Gasteiger partial charge in [0.05, 0.1) is 13.2 Å². The lowest BCUT2D eigenvalue weighted by Crippen LogP contribution is -2.34. The molecule has 2 unspecified atom stereocenters. The van der Waals surface area contributed by atoms with Crippen LogP contribution in [0.5, 0.6) is 0 Å². The van der Waals surface area contributed by atoms with Gasteiger partial charge in [-0.25, -0.2) is 0 Å². The van der Waals surface area contributed by atoms with Crippen molar-refractivity contribution in [2.75, 3.05) is 19.8 Å². The van der Waals surface area contributed by atoms with E-state index in [0.717, 1.165) is 13.0 Å². The maximum absolute atomic E-state index is 11.4. The normalized spacial score (nSPS) is 23.1. The second kappa shape index (κ2) is 6.08. The molecule has 1 heterocycles. The molecule has 1 rings (SSSR count). The van der Waals surface area contributed by atoms with Gasteiger partial charge in [-0.1, -0.05) is 13.8 Å². The topological polar surface area (TPSA) is 61.6 Å². The van der Waals surface area contributed by atoms with Crippen molar-refractivity contribution < 1.29 is 14.3 Å². The summed E-state index contributed by atoms with van der Waals surface area (Å²) in [5.74, 6) is 0.498. The zero-order valence-corrected chi connectivity index (χ0v) is 9.57. The minimum atomic E-state index is -0.479. The summed E-state index contributed by atoms with van der Waals surface area (Å²) in [7, 11) is 0. The van der Waals surface area contributed by atoms with Crippen molar-refractivity contribution in [3.63, 3.8) is 0 Å². The van der Waals surface area contributed by atoms with Crippen LogP contribution in [0.2, 0.25) is 0 Å². The van der Waals surface area contributed by atoms with E-state index in [2.05, 4.69) is 0 Å². The third-order valence-corrected chi connectivity index (χ3v) is 2.51. The molecule has 0 aromatic rings. The van der Waals surface area contributed by atoms with Crippen molar-refractivity contribution >= 4 is 5.97 Å². The van der Waals surface area contributed by atoms with Gasteiger partial charge < -0.3 is 15.2 Å². The molecule has 1 fully saturated rings. The smallest absolute Gasteiger partial charge is 0.322 e. The molecule has 1 aliphatic heterocycles. The van der Waals surface area contributed by atoms with Crippen LogP contribution in [0.1, 0.15) is 26.7 Å². The van der Waals surface area contributed by atoms with E-state index >= 15 is 0 Å². The highest BCUT2D eigenvalue weighted by Crippen LogP contribution is 2.13. The summed E-state index contributed by atoms with van der Waals surface area (Å²) in [6.45, 7) is 6.01. The van der Waals surface area contributed by atoms with Crippen LogP contribution in [0.3, 0.4) is 0 Å². The van der Waals surface area contributed by atoms with E-state index in [1.54, 1.807) is 0 Å². The van der Waals surface area contributed by atoms with E-state index < -0.39 is 6.04 Å². The number of nitrogens with two attached hydrogens (primary N) is 1. The minimum Gasteiger partial charge on any atom is -0.464 e. The van der Waals surface area contributed by atoms with Crippen LogP contribution in [-0.4, -0.2) is 31.8 Å². The molecule has 15 heavy (non-hydrogen) atoms. The number of esters is 1. The maximum Gasteiger partial charge on any atom is 0.322 e. The number of hydrogen-bond acceptors (Lipinski definition) is 4. The Balaban J connectivity index is 2.16.